The van der Waals surface area contributed by atoms with Gasteiger partial charge in [-0.3, -0.25) is 9.59 Å². The van der Waals surface area contributed by atoms with Crippen LogP contribution in [0, 0.1) is 0 Å². The number of aromatic amines is 1. The molecule has 0 saturated heterocycles. The molecule has 4 N–H and O–H groups in total. The summed E-state index contributed by atoms with van der Waals surface area (Å²) in [6.45, 7) is 0. The Bertz CT molecular complexity index is 695. The van der Waals surface area contributed by atoms with Gasteiger partial charge in [0.1, 0.15) is 0 Å². The van der Waals surface area contributed by atoms with Gasteiger partial charge < -0.3 is 20.7 Å². The second-order valence-corrected chi connectivity index (χ2v) is 5.67. The van der Waals surface area contributed by atoms with Gasteiger partial charge in [-0.25, -0.2) is 0 Å². The van der Waals surface area contributed by atoms with E-state index in [9.17, 15) is 14.7 Å². The van der Waals surface area contributed by atoms with Gasteiger partial charge in [-0.05, 0) is 37.1 Å². The van der Waals surface area contributed by atoms with Gasteiger partial charge in [0.2, 0.25) is 0 Å². The van der Waals surface area contributed by atoms with Crippen molar-refractivity contribution in [2.45, 2.75) is 37.8 Å². The molecule has 6 nitrogen and oxygen atoms in total. The summed E-state index contributed by atoms with van der Waals surface area (Å²) in [4.78, 5) is 27.0. The fraction of sp³-hybridized carbons (Fsp3) is 0.375. The molecule has 0 bridgehead atoms. The summed E-state index contributed by atoms with van der Waals surface area (Å²) in [5.74, 6) is -1.42. The highest BCUT2D eigenvalue weighted by Gasteiger charge is 2.26. The summed E-state index contributed by atoms with van der Waals surface area (Å²) in [5.41, 5.74) is 1.53. The predicted molar refractivity (Wildman–Crippen MR) is 83.3 cm³/mol. The van der Waals surface area contributed by atoms with Gasteiger partial charge in [0.25, 0.3) is 0 Å². The average molecular weight is 301 g/mol. The molecule has 2 amide bonds. The van der Waals surface area contributed by atoms with E-state index in [2.05, 4.69) is 15.6 Å². The van der Waals surface area contributed by atoms with Crippen molar-refractivity contribution in [3.8, 4) is 0 Å². The van der Waals surface area contributed by atoms with Crippen LogP contribution in [0.3, 0.4) is 0 Å². The number of aromatic nitrogens is 1. The van der Waals surface area contributed by atoms with Crippen LogP contribution in [0.15, 0.2) is 30.5 Å². The van der Waals surface area contributed by atoms with Crippen molar-refractivity contribution in [1.82, 2.24) is 10.3 Å². The highest BCUT2D eigenvalue weighted by atomic mass is 16.3. The Kier molecular flexibility index (Phi) is 4.11. The Labute approximate surface area is 127 Å². The standard InChI is InChI=1S/C16H19N3O3/c20-14-4-2-1-3-13(14)19-16(22)15(21)18-11-5-6-12-10(9-11)7-8-17-12/h5-9,13-14,17,20H,1-4H2,(H,18,21)(H,19,22). The first-order chi connectivity index (χ1) is 10.6. The topological polar surface area (TPSA) is 94.2 Å². The van der Waals surface area contributed by atoms with E-state index in [4.69, 9.17) is 0 Å². The fourth-order valence-corrected chi connectivity index (χ4v) is 2.83. The van der Waals surface area contributed by atoms with Crippen molar-refractivity contribution in [1.29, 1.82) is 0 Å². The molecular weight excluding hydrogens is 282 g/mol. The second-order valence-electron chi connectivity index (χ2n) is 5.67. The molecule has 0 spiro atoms. The van der Waals surface area contributed by atoms with Crippen LogP contribution >= 0.6 is 0 Å². The van der Waals surface area contributed by atoms with E-state index in [1.165, 1.54) is 0 Å². The summed E-state index contributed by atoms with van der Waals surface area (Å²) in [5, 5.41) is 16.0. The SMILES string of the molecule is O=C(Nc1ccc2[nH]ccc2c1)C(=O)NC1CCCCC1O. The maximum Gasteiger partial charge on any atom is 0.313 e. The molecule has 1 aliphatic carbocycles. The van der Waals surface area contributed by atoms with E-state index in [-0.39, 0.29) is 6.04 Å². The number of carbonyl (C=O) groups is 2. The fourth-order valence-electron chi connectivity index (χ4n) is 2.83. The quantitative estimate of drug-likeness (QED) is 0.634. The zero-order chi connectivity index (χ0) is 15.5. The molecule has 3 rings (SSSR count). The van der Waals surface area contributed by atoms with E-state index in [0.29, 0.717) is 18.5 Å². The molecule has 0 radical (unpaired) electrons. The monoisotopic (exact) mass is 301 g/mol. The van der Waals surface area contributed by atoms with Crippen LogP contribution in [-0.4, -0.2) is 34.1 Å². The Morgan fingerprint density at radius 2 is 1.95 bits per heavy atom. The molecule has 2 aromatic rings. The van der Waals surface area contributed by atoms with E-state index < -0.39 is 17.9 Å². The minimum Gasteiger partial charge on any atom is -0.391 e. The number of hydrogen-bond acceptors (Lipinski definition) is 3. The normalized spacial score (nSPS) is 21.5. The maximum atomic E-state index is 12.0. The van der Waals surface area contributed by atoms with Crippen LogP contribution < -0.4 is 10.6 Å². The average Bonchev–Trinajstić information content (AvgIpc) is 2.97. The molecule has 2 unspecified atom stereocenters. The van der Waals surface area contributed by atoms with E-state index >= 15 is 0 Å². The van der Waals surface area contributed by atoms with Crippen LogP contribution in [0.25, 0.3) is 10.9 Å². The van der Waals surface area contributed by atoms with Crippen molar-refractivity contribution in [3.63, 3.8) is 0 Å². The molecule has 0 aliphatic heterocycles. The molecular formula is C16H19N3O3. The lowest BCUT2D eigenvalue weighted by atomic mass is 9.92. The third kappa shape index (κ3) is 3.12. The van der Waals surface area contributed by atoms with Gasteiger partial charge >= 0.3 is 11.8 Å². The minimum absolute atomic E-state index is 0.334. The number of carbonyl (C=O) groups excluding carboxylic acids is 2. The molecule has 22 heavy (non-hydrogen) atoms. The molecule has 1 saturated carbocycles. The largest absolute Gasteiger partial charge is 0.391 e. The van der Waals surface area contributed by atoms with Gasteiger partial charge in [-0.15, -0.1) is 0 Å². The van der Waals surface area contributed by atoms with Crippen molar-refractivity contribution in [2.24, 2.45) is 0 Å². The lowest BCUT2D eigenvalue weighted by molar-refractivity contribution is -0.137. The molecule has 1 heterocycles. The van der Waals surface area contributed by atoms with Gasteiger partial charge in [-0.2, -0.15) is 0 Å². The molecule has 1 aromatic heterocycles. The highest BCUT2D eigenvalue weighted by molar-refractivity contribution is 6.39. The number of aliphatic hydroxyl groups is 1. The number of anilines is 1. The molecule has 2 atom stereocenters. The van der Waals surface area contributed by atoms with E-state index in [0.717, 1.165) is 23.7 Å². The summed E-state index contributed by atoms with van der Waals surface area (Å²) in [7, 11) is 0. The number of rotatable bonds is 2. The van der Waals surface area contributed by atoms with Crippen molar-refractivity contribution in [2.75, 3.05) is 5.32 Å². The van der Waals surface area contributed by atoms with Crippen molar-refractivity contribution >= 4 is 28.4 Å². The summed E-state index contributed by atoms with van der Waals surface area (Å²) >= 11 is 0. The van der Waals surface area contributed by atoms with E-state index in [1.807, 2.05) is 18.3 Å². The highest BCUT2D eigenvalue weighted by Crippen LogP contribution is 2.19. The number of amides is 2. The van der Waals surface area contributed by atoms with Gasteiger partial charge in [0, 0.05) is 22.8 Å². The van der Waals surface area contributed by atoms with Crippen LogP contribution in [0.1, 0.15) is 25.7 Å². The van der Waals surface area contributed by atoms with Gasteiger partial charge in [-0.1, -0.05) is 12.8 Å². The Morgan fingerprint density at radius 1 is 1.14 bits per heavy atom. The zero-order valence-electron chi connectivity index (χ0n) is 12.1. The summed E-state index contributed by atoms with van der Waals surface area (Å²) in [6, 6.07) is 6.93. The lowest BCUT2D eigenvalue weighted by Crippen LogP contribution is -2.48. The van der Waals surface area contributed by atoms with Crippen molar-refractivity contribution < 1.29 is 14.7 Å². The Hall–Kier alpha value is -2.34. The van der Waals surface area contributed by atoms with Crippen LogP contribution in [0.2, 0.25) is 0 Å². The number of H-pyrrole nitrogens is 1. The zero-order valence-corrected chi connectivity index (χ0v) is 12.1. The summed E-state index contributed by atoms with van der Waals surface area (Å²) in [6.07, 6.45) is 4.52. The summed E-state index contributed by atoms with van der Waals surface area (Å²) < 4.78 is 0. The Balaban J connectivity index is 1.61. The Morgan fingerprint density at radius 3 is 2.77 bits per heavy atom. The molecule has 1 fully saturated rings. The van der Waals surface area contributed by atoms with Crippen LogP contribution in [0.4, 0.5) is 5.69 Å². The molecule has 6 heteroatoms. The van der Waals surface area contributed by atoms with Gasteiger partial charge in [0.05, 0.1) is 12.1 Å². The number of aliphatic hydroxyl groups excluding tert-OH is 1. The number of nitrogens with one attached hydrogen (secondary N) is 3. The third-order valence-corrected chi connectivity index (χ3v) is 4.06. The third-order valence-electron chi connectivity index (χ3n) is 4.06. The first-order valence-electron chi connectivity index (χ1n) is 7.50. The number of fused-ring (bicyclic) bond motifs is 1. The number of hydrogen-bond donors (Lipinski definition) is 4. The molecule has 1 aliphatic rings. The maximum absolute atomic E-state index is 12.0. The first kappa shape index (κ1) is 14.6. The first-order valence-corrected chi connectivity index (χ1v) is 7.50. The molecule has 116 valence electrons. The van der Waals surface area contributed by atoms with Crippen LogP contribution in [0.5, 0.6) is 0 Å². The smallest absolute Gasteiger partial charge is 0.313 e. The van der Waals surface area contributed by atoms with Crippen molar-refractivity contribution in [3.05, 3.63) is 30.5 Å². The minimum atomic E-state index is -0.715. The van der Waals surface area contributed by atoms with Crippen LogP contribution in [-0.2, 0) is 9.59 Å². The second kappa shape index (κ2) is 6.19. The van der Waals surface area contributed by atoms with Gasteiger partial charge in [0.15, 0.2) is 0 Å². The number of benzene rings is 1. The molecule has 1 aromatic carbocycles. The predicted octanol–water partition coefficient (Wildman–Crippen LogP) is 1.53. The lowest BCUT2D eigenvalue weighted by Gasteiger charge is -2.27. The van der Waals surface area contributed by atoms with E-state index in [1.54, 1.807) is 12.1 Å².